The molecule has 3 heteroatoms. The minimum Gasteiger partial charge on any atom is -0.376 e. The van der Waals surface area contributed by atoms with Gasteiger partial charge < -0.3 is 4.81 Å². The van der Waals surface area contributed by atoms with E-state index in [2.05, 4.69) is 157 Å². The number of benzene rings is 8. The van der Waals surface area contributed by atoms with Gasteiger partial charge in [0.15, 0.2) is 0 Å². The van der Waals surface area contributed by atoms with Crippen molar-refractivity contribution in [3.05, 3.63) is 179 Å². The molecule has 0 radical (unpaired) electrons. The molecule has 0 saturated carbocycles. The summed E-state index contributed by atoms with van der Waals surface area (Å²) in [4.78, 5) is 2.77. The summed E-state index contributed by atoms with van der Waals surface area (Å²) in [6, 6.07) is 56.0. The molecule has 9 aromatic rings. The predicted molar refractivity (Wildman–Crippen MR) is 226 cm³/mol. The lowest BCUT2D eigenvalue weighted by atomic mass is 9.39. The highest BCUT2D eigenvalue weighted by atomic mass is 32.1. The summed E-state index contributed by atoms with van der Waals surface area (Å²) in [5.74, 6) is 0.296. The summed E-state index contributed by atoms with van der Waals surface area (Å²) >= 11 is 1.91. The van der Waals surface area contributed by atoms with Crippen LogP contribution in [0.25, 0.3) is 64.3 Å². The normalized spacial score (nSPS) is 15.6. The standard InChI is InChI=1S/C50H32BNS/c1-28-24-38-37-27-32-21-20-29-10-2-4-12-33(29)45(32)36-15-8-16-40(47(36)37)51-50(38)39(25-28)49-42(23-22-31-26-30-11-3-5-13-34(30)46(31)49)52(51)41-17-9-19-44-48(41)35-14-6-7-18-43(35)53-44/h2-25,37H,26-27H2,1H3. The molecule has 0 amide bonds. The molecule has 53 heavy (non-hydrogen) atoms. The Balaban J connectivity index is 1.19. The van der Waals surface area contributed by atoms with Gasteiger partial charge in [0.1, 0.15) is 0 Å². The summed E-state index contributed by atoms with van der Waals surface area (Å²) in [6.07, 6.45) is 2.00. The van der Waals surface area contributed by atoms with Crippen LogP contribution in [0, 0.1) is 6.92 Å². The number of hydrogen-bond acceptors (Lipinski definition) is 2. The van der Waals surface area contributed by atoms with Crippen molar-refractivity contribution in [1.82, 2.24) is 0 Å². The van der Waals surface area contributed by atoms with E-state index in [1.807, 2.05) is 11.3 Å². The number of hydrogen-bond donors (Lipinski definition) is 0. The van der Waals surface area contributed by atoms with Crippen LogP contribution in [0.15, 0.2) is 146 Å². The van der Waals surface area contributed by atoms with Gasteiger partial charge in [0.05, 0.1) is 0 Å². The molecule has 0 saturated heterocycles. The number of nitrogens with zero attached hydrogens (tertiary/aromatic N) is 1. The van der Waals surface area contributed by atoms with Crippen LogP contribution in [0.1, 0.15) is 39.3 Å². The molecule has 13 rings (SSSR count). The van der Waals surface area contributed by atoms with E-state index >= 15 is 0 Å². The number of fused-ring (bicyclic) bond motifs is 15. The maximum atomic E-state index is 2.77. The lowest BCUT2D eigenvalue weighted by molar-refractivity contribution is 0.799. The number of thiophene rings is 1. The van der Waals surface area contributed by atoms with Gasteiger partial charge in [-0.1, -0.05) is 127 Å². The molecule has 0 bridgehead atoms. The van der Waals surface area contributed by atoms with Crippen LogP contribution in [0.4, 0.5) is 11.4 Å². The minimum absolute atomic E-state index is 0.0368. The molecule has 0 N–H and O–H groups in total. The third-order valence-corrected chi connectivity index (χ3v) is 14.0. The van der Waals surface area contributed by atoms with Gasteiger partial charge in [0.2, 0.25) is 0 Å². The van der Waals surface area contributed by atoms with Crippen LogP contribution in [0.2, 0.25) is 0 Å². The van der Waals surface area contributed by atoms with Gasteiger partial charge in [-0.15, -0.1) is 11.3 Å². The van der Waals surface area contributed by atoms with E-state index in [-0.39, 0.29) is 6.85 Å². The summed E-state index contributed by atoms with van der Waals surface area (Å²) in [5, 5.41) is 5.38. The monoisotopic (exact) mass is 689 g/mol. The highest BCUT2D eigenvalue weighted by Gasteiger charge is 2.48. The number of aryl methyl sites for hydroxylation is 1. The van der Waals surface area contributed by atoms with E-state index in [0.717, 1.165) is 12.8 Å². The molecule has 246 valence electrons. The zero-order valence-corrected chi connectivity index (χ0v) is 30.1. The minimum atomic E-state index is 0.0368. The van der Waals surface area contributed by atoms with Crippen LogP contribution in [-0.4, -0.2) is 6.85 Å². The van der Waals surface area contributed by atoms with Crippen molar-refractivity contribution < 1.29 is 0 Å². The Labute approximate surface area is 312 Å². The number of anilines is 2. The van der Waals surface area contributed by atoms with Gasteiger partial charge in [0.25, 0.3) is 0 Å². The van der Waals surface area contributed by atoms with Crippen molar-refractivity contribution in [1.29, 1.82) is 0 Å². The highest BCUT2D eigenvalue weighted by Crippen LogP contribution is 2.55. The van der Waals surface area contributed by atoms with Crippen molar-refractivity contribution in [2.75, 3.05) is 4.81 Å². The largest absolute Gasteiger partial charge is 0.376 e. The molecular formula is C50H32BNS. The van der Waals surface area contributed by atoms with Crippen molar-refractivity contribution in [3.8, 4) is 33.4 Å². The second-order valence-corrected chi connectivity index (χ2v) is 16.6. The first-order chi connectivity index (χ1) is 26.2. The summed E-state index contributed by atoms with van der Waals surface area (Å²) in [5.41, 5.74) is 22.8. The Bertz CT molecular complexity index is 3110. The third-order valence-electron chi connectivity index (χ3n) is 12.9. The van der Waals surface area contributed by atoms with E-state index in [1.54, 1.807) is 0 Å². The van der Waals surface area contributed by atoms with Crippen LogP contribution in [0.5, 0.6) is 0 Å². The summed E-state index contributed by atoms with van der Waals surface area (Å²) in [6.45, 7) is 2.36. The molecule has 1 nitrogen and oxygen atoms in total. The van der Waals surface area contributed by atoms with E-state index in [4.69, 9.17) is 0 Å². The Morgan fingerprint density at radius 3 is 2.34 bits per heavy atom. The van der Waals surface area contributed by atoms with Crippen LogP contribution >= 0.6 is 11.3 Å². The first-order valence-corrected chi connectivity index (χ1v) is 19.7. The molecule has 4 aliphatic rings. The fourth-order valence-corrected chi connectivity index (χ4v) is 12.0. The van der Waals surface area contributed by atoms with Crippen molar-refractivity contribution in [2.24, 2.45) is 0 Å². The fourth-order valence-electron chi connectivity index (χ4n) is 10.9. The lowest BCUT2D eigenvalue weighted by Gasteiger charge is -2.47. The second-order valence-electron chi connectivity index (χ2n) is 15.6. The molecular weight excluding hydrogens is 657 g/mol. The maximum absolute atomic E-state index is 2.77. The zero-order valence-electron chi connectivity index (χ0n) is 29.3. The highest BCUT2D eigenvalue weighted by molar-refractivity contribution is 7.26. The second kappa shape index (κ2) is 10.2. The van der Waals surface area contributed by atoms with E-state index < -0.39 is 0 Å². The molecule has 0 fully saturated rings. The fraction of sp³-hybridized carbons (Fsp3) is 0.0800. The molecule has 2 aliphatic carbocycles. The van der Waals surface area contributed by atoms with E-state index in [1.165, 1.54) is 120 Å². The first-order valence-electron chi connectivity index (χ1n) is 18.9. The molecule has 3 heterocycles. The Hall–Kier alpha value is -5.90. The number of rotatable bonds is 1. The lowest BCUT2D eigenvalue weighted by Crippen LogP contribution is -2.62. The van der Waals surface area contributed by atoms with E-state index in [9.17, 15) is 0 Å². The van der Waals surface area contributed by atoms with Gasteiger partial charge in [-0.3, -0.25) is 0 Å². The zero-order chi connectivity index (χ0) is 34.5. The molecule has 1 atom stereocenters. The van der Waals surface area contributed by atoms with Crippen LogP contribution in [0.3, 0.4) is 0 Å². The van der Waals surface area contributed by atoms with Gasteiger partial charge >= 0.3 is 6.85 Å². The van der Waals surface area contributed by atoms with Crippen LogP contribution < -0.4 is 15.7 Å². The Morgan fingerprint density at radius 1 is 0.585 bits per heavy atom. The molecule has 1 aromatic heterocycles. The smallest absolute Gasteiger partial charge is 0.329 e. The molecule has 0 spiro atoms. The van der Waals surface area contributed by atoms with Crippen molar-refractivity contribution >= 4 is 71.4 Å². The predicted octanol–water partition coefficient (Wildman–Crippen LogP) is 11.7. The summed E-state index contributed by atoms with van der Waals surface area (Å²) in [7, 11) is 0. The molecule has 1 unspecified atom stereocenters. The SMILES string of the molecule is Cc1cc2c3c(c1)C1Cc4ccc5ccccc5c4-c4cccc(c41)B3N(c1cccc3sc4ccccc4c13)c1ccc3c(c1-2)-c1ccccc1C3. The molecule has 8 aromatic carbocycles. The first kappa shape index (κ1) is 28.7. The van der Waals surface area contributed by atoms with Gasteiger partial charge in [0, 0.05) is 43.0 Å². The van der Waals surface area contributed by atoms with Crippen LogP contribution in [-0.2, 0) is 12.8 Å². The van der Waals surface area contributed by atoms with Crippen molar-refractivity contribution in [2.45, 2.75) is 25.7 Å². The van der Waals surface area contributed by atoms with Crippen molar-refractivity contribution in [3.63, 3.8) is 0 Å². The van der Waals surface area contributed by atoms with Gasteiger partial charge in [-0.2, -0.15) is 0 Å². The average molecular weight is 690 g/mol. The maximum Gasteiger partial charge on any atom is 0.329 e. The third kappa shape index (κ3) is 3.63. The molecule has 2 aliphatic heterocycles. The topological polar surface area (TPSA) is 3.24 Å². The van der Waals surface area contributed by atoms with E-state index in [0.29, 0.717) is 5.92 Å². The Morgan fingerprint density at radius 2 is 1.38 bits per heavy atom. The Kier molecular flexibility index (Phi) is 5.49. The van der Waals surface area contributed by atoms with Gasteiger partial charge in [-0.05, 0) is 121 Å². The van der Waals surface area contributed by atoms with Gasteiger partial charge in [-0.25, -0.2) is 0 Å². The average Bonchev–Trinajstić information content (AvgIpc) is 3.78. The quantitative estimate of drug-likeness (QED) is 0.155. The summed E-state index contributed by atoms with van der Waals surface area (Å²) < 4.78 is 2.69.